The van der Waals surface area contributed by atoms with Gasteiger partial charge >= 0.3 is 0 Å². The standard InChI is InChI=1S/C9H14O6S2Si/c1-18(2,3)15-17(13,14)9-6-4-8(5-7-9)16(10,11)12/h4-7H,1-3H3,(H,10,11,12). The second-order valence-corrected chi connectivity index (χ2v) is 12.3. The minimum atomic E-state index is -4.33. The smallest absolute Gasteiger partial charge is 0.294 e. The van der Waals surface area contributed by atoms with Crippen LogP contribution in [0.2, 0.25) is 19.6 Å². The zero-order valence-electron chi connectivity index (χ0n) is 10.1. The Bertz CT molecular complexity index is 625. The fourth-order valence-corrected chi connectivity index (χ4v) is 5.12. The normalized spacial score (nSPS) is 13.6. The van der Waals surface area contributed by atoms with E-state index in [4.69, 9.17) is 8.42 Å². The van der Waals surface area contributed by atoms with Crippen LogP contribution in [0.25, 0.3) is 0 Å². The Hall–Kier alpha value is -0.743. The number of rotatable bonds is 4. The summed E-state index contributed by atoms with van der Waals surface area (Å²) in [7, 11) is -10.5. The third-order valence-electron chi connectivity index (χ3n) is 1.77. The molecular formula is C9H14O6S2Si. The minimum absolute atomic E-state index is 0.141. The van der Waals surface area contributed by atoms with Crippen molar-refractivity contribution in [2.24, 2.45) is 0 Å². The highest BCUT2D eigenvalue weighted by atomic mass is 32.2. The van der Waals surface area contributed by atoms with Gasteiger partial charge in [-0.3, -0.25) is 4.55 Å². The molecule has 0 saturated heterocycles. The molecule has 0 atom stereocenters. The average molecular weight is 310 g/mol. The lowest BCUT2D eigenvalue weighted by Crippen LogP contribution is -2.29. The molecular weight excluding hydrogens is 296 g/mol. The molecule has 0 aliphatic rings. The van der Waals surface area contributed by atoms with Crippen molar-refractivity contribution >= 4 is 28.6 Å². The van der Waals surface area contributed by atoms with Gasteiger partial charge in [0, 0.05) is 0 Å². The van der Waals surface area contributed by atoms with Crippen molar-refractivity contribution in [3.05, 3.63) is 24.3 Å². The van der Waals surface area contributed by atoms with E-state index in [1.165, 1.54) is 0 Å². The van der Waals surface area contributed by atoms with E-state index in [2.05, 4.69) is 0 Å². The molecule has 0 spiro atoms. The molecule has 1 N–H and O–H groups in total. The van der Waals surface area contributed by atoms with Crippen LogP contribution in [0.1, 0.15) is 0 Å². The first-order valence-corrected chi connectivity index (χ1v) is 11.2. The fraction of sp³-hybridized carbons (Fsp3) is 0.333. The fourth-order valence-electron chi connectivity index (χ4n) is 1.16. The van der Waals surface area contributed by atoms with Crippen molar-refractivity contribution in [3.8, 4) is 0 Å². The first-order chi connectivity index (χ1) is 7.92. The van der Waals surface area contributed by atoms with Crippen molar-refractivity contribution in [3.63, 3.8) is 0 Å². The van der Waals surface area contributed by atoms with Gasteiger partial charge in [-0.05, 0) is 43.9 Å². The first-order valence-electron chi connectivity index (χ1n) is 4.95. The summed E-state index contributed by atoms with van der Waals surface area (Å²) in [6.45, 7) is 5.16. The topological polar surface area (TPSA) is 97.7 Å². The van der Waals surface area contributed by atoms with Crippen LogP contribution in [0, 0.1) is 0 Å². The monoisotopic (exact) mass is 310 g/mol. The van der Waals surface area contributed by atoms with Gasteiger partial charge in [-0.2, -0.15) is 16.8 Å². The Morgan fingerprint density at radius 1 is 0.944 bits per heavy atom. The van der Waals surface area contributed by atoms with Crippen molar-refractivity contribution in [2.45, 2.75) is 29.4 Å². The van der Waals surface area contributed by atoms with Gasteiger partial charge in [0.05, 0.1) is 9.79 Å². The van der Waals surface area contributed by atoms with E-state index >= 15 is 0 Å². The lowest BCUT2D eigenvalue weighted by atomic mass is 10.4. The van der Waals surface area contributed by atoms with E-state index in [0.717, 1.165) is 24.3 Å². The molecule has 0 aliphatic carbocycles. The second kappa shape index (κ2) is 4.74. The van der Waals surface area contributed by atoms with Gasteiger partial charge < -0.3 is 3.87 Å². The lowest BCUT2D eigenvalue weighted by molar-refractivity contribution is 0.479. The van der Waals surface area contributed by atoms with Gasteiger partial charge in [-0.15, -0.1) is 0 Å². The number of hydrogen-bond donors (Lipinski definition) is 1. The SMILES string of the molecule is C[Si](C)(C)OS(=O)(=O)c1ccc(S(=O)(=O)O)cc1. The van der Waals surface area contributed by atoms with Gasteiger partial charge in [0.25, 0.3) is 20.2 Å². The van der Waals surface area contributed by atoms with Crippen molar-refractivity contribution < 1.29 is 25.3 Å². The molecule has 0 amide bonds. The first kappa shape index (κ1) is 15.3. The summed E-state index contributed by atoms with van der Waals surface area (Å²) in [6, 6.07) is 4.18. The Morgan fingerprint density at radius 2 is 1.33 bits per heavy atom. The van der Waals surface area contributed by atoms with Crippen LogP contribution in [0.5, 0.6) is 0 Å². The molecule has 0 aliphatic heterocycles. The molecule has 0 aromatic heterocycles. The van der Waals surface area contributed by atoms with Gasteiger partial charge in [0.15, 0.2) is 0 Å². The third kappa shape index (κ3) is 4.17. The maximum absolute atomic E-state index is 11.8. The highest BCUT2D eigenvalue weighted by molar-refractivity contribution is 7.88. The Labute approximate surface area is 108 Å². The second-order valence-electron chi connectivity index (χ2n) is 4.60. The third-order valence-corrected chi connectivity index (χ3v) is 6.37. The Kier molecular flexibility index (Phi) is 4.03. The van der Waals surface area contributed by atoms with Crippen LogP contribution in [0.3, 0.4) is 0 Å². The molecule has 0 saturated carbocycles. The summed E-state index contributed by atoms with van der Waals surface area (Å²) < 4.78 is 59.0. The highest BCUT2D eigenvalue weighted by Crippen LogP contribution is 2.19. The Morgan fingerprint density at radius 3 is 1.67 bits per heavy atom. The zero-order valence-corrected chi connectivity index (χ0v) is 12.7. The van der Waals surface area contributed by atoms with E-state index < -0.39 is 28.6 Å². The molecule has 18 heavy (non-hydrogen) atoms. The van der Waals surface area contributed by atoms with Crippen molar-refractivity contribution in [2.75, 3.05) is 0 Å². The minimum Gasteiger partial charge on any atom is -0.312 e. The molecule has 0 unspecified atom stereocenters. The van der Waals surface area contributed by atoms with Crippen LogP contribution in [0.4, 0.5) is 0 Å². The van der Waals surface area contributed by atoms with Crippen LogP contribution >= 0.6 is 0 Å². The van der Waals surface area contributed by atoms with E-state index in [9.17, 15) is 16.8 Å². The van der Waals surface area contributed by atoms with E-state index in [1.807, 2.05) is 0 Å². The van der Waals surface area contributed by atoms with Crippen molar-refractivity contribution in [1.82, 2.24) is 0 Å². The van der Waals surface area contributed by atoms with Gasteiger partial charge in [-0.1, -0.05) is 0 Å². The number of hydrogen-bond acceptors (Lipinski definition) is 5. The Balaban J connectivity index is 3.14. The molecule has 0 heterocycles. The average Bonchev–Trinajstić information content (AvgIpc) is 2.13. The molecule has 0 bridgehead atoms. The number of benzene rings is 1. The van der Waals surface area contributed by atoms with Crippen molar-refractivity contribution in [1.29, 1.82) is 0 Å². The molecule has 102 valence electrons. The summed E-state index contributed by atoms with van der Waals surface area (Å²) >= 11 is 0. The van der Waals surface area contributed by atoms with Crippen LogP contribution in [-0.4, -0.2) is 29.7 Å². The molecule has 6 nitrogen and oxygen atoms in total. The largest absolute Gasteiger partial charge is 0.312 e. The molecule has 1 aromatic carbocycles. The molecule has 1 aromatic rings. The van der Waals surface area contributed by atoms with Gasteiger partial charge in [-0.25, -0.2) is 0 Å². The van der Waals surface area contributed by atoms with Crippen LogP contribution in [-0.2, 0) is 24.1 Å². The summed E-state index contributed by atoms with van der Waals surface area (Å²) in [5, 5.41) is 0. The van der Waals surface area contributed by atoms with Gasteiger partial charge in [0.2, 0.25) is 8.32 Å². The van der Waals surface area contributed by atoms with E-state index in [1.54, 1.807) is 19.6 Å². The quantitative estimate of drug-likeness (QED) is 0.668. The predicted molar refractivity (Wildman–Crippen MR) is 67.9 cm³/mol. The highest BCUT2D eigenvalue weighted by Gasteiger charge is 2.26. The molecule has 1 rings (SSSR count). The molecule has 0 fully saturated rings. The van der Waals surface area contributed by atoms with E-state index in [-0.39, 0.29) is 9.79 Å². The maximum Gasteiger partial charge on any atom is 0.294 e. The summed E-state index contributed by atoms with van der Waals surface area (Å²) in [5.74, 6) is 0. The predicted octanol–water partition coefficient (Wildman–Crippen LogP) is 1.47. The summed E-state index contributed by atoms with van der Waals surface area (Å²) in [4.78, 5) is -0.508. The van der Waals surface area contributed by atoms with Crippen LogP contribution < -0.4 is 0 Å². The zero-order chi connectivity index (χ0) is 14.2. The molecule has 9 heteroatoms. The van der Waals surface area contributed by atoms with Crippen LogP contribution in [0.15, 0.2) is 34.1 Å². The molecule has 0 radical (unpaired) electrons. The van der Waals surface area contributed by atoms with E-state index in [0.29, 0.717) is 0 Å². The van der Waals surface area contributed by atoms with Gasteiger partial charge in [0.1, 0.15) is 0 Å². The summed E-state index contributed by atoms with van der Waals surface area (Å²) in [6.07, 6.45) is 0. The lowest BCUT2D eigenvalue weighted by Gasteiger charge is -2.16. The maximum atomic E-state index is 11.8. The summed E-state index contributed by atoms with van der Waals surface area (Å²) in [5.41, 5.74) is 0.